The largest absolute Gasteiger partial charge is 0.389 e. The molecule has 0 radical (unpaired) electrons. The molecule has 0 fully saturated rings. The van der Waals surface area contributed by atoms with Gasteiger partial charge in [-0.25, -0.2) is 13.1 Å². The van der Waals surface area contributed by atoms with Gasteiger partial charge in [0, 0.05) is 0 Å². The zero-order valence-electron chi connectivity index (χ0n) is 9.81. The van der Waals surface area contributed by atoms with Crippen molar-refractivity contribution in [2.45, 2.75) is 43.0 Å². The van der Waals surface area contributed by atoms with Crippen molar-refractivity contribution in [1.82, 2.24) is 4.72 Å². The molecule has 2 N–H and O–H groups in total. The van der Waals surface area contributed by atoms with Gasteiger partial charge < -0.3 is 5.11 Å². The second kappa shape index (κ2) is 4.10. The zero-order valence-corrected chi connectivity index (χ0v) is 11.4. The first-order chi connectivity index (χ1) is 7.06. The second-order valence-electron chi connectivity index (χ2n) is 4.72. The highest BCUT2D eigenvalue weighted by Crippen LogP contribution is 2.24. The third-order valence-corrected chi connectivity index (χ3v) is 5.73. The summed E-state index contributed by atoms with van der Waals surface area (Å²) in [6.45, 7) is 6.45. The maximum atomic E-state index is 11.9. The van der Waals surface area contributed by atoms with Crippen molar-refractivity contribution in [2.75, 3.05) is 0 Å². The van der Waals surface area contributed by atoms with Crippen molar-refractivity contribution in [3.63, 3.8) is 0 Å². The van der Waals surface area contributed by atoms with E-state index in [1.165, 1.54) is 6.07 Å². The van der Waals surface area contributed by atoms with Crippen molar-refractivity contribution in [1.29, 1.82) is 0 Å². The fraction of sp³-hybridized carbons (Fsp3) is 0.600. The third-order valence-electron chi connectivity index (χ3n) is 2.68. The van der Waals surface area contributed by atoms with Crippen LogP contribution >= 0.6 is 11.3 Å². The van der Waals surface area contributed by atoms with Gasteiger partial charge in [-0.15, -0.1) is 11.3 Å². The minimum Gasteiger partial charge on any atom is -0.389 e. The number of sulfonamides is 1. The average Bonchev–Trinajstić information content (AvgIpc) is 2.50. The van der Waals surface area contributed by atoms with Crippen LogP contribution in [0.15, 0.2) is 21.7 Å². The molecular formula is C10H17NO3S2. The highest BCUT2D eigenvalue weighted by molar-refractivity contribution is 7.91. The van der Waals surface area contributed by atoms with Crippen LogP contribution in [0.25, 0.3) is 0 Å². The van der Waals surface area contributed by atoms with Crippen LogP contribution in [-0.2, 0) is 10.0 Å². The van der Waals surface area contributed by atoms with Gasteiger partial charge in [0.2, 0.25) is 0 Å². The van der Waals surface area contributed by atoms with E-state index in [1.807, 2.05) is 0 Å². The Labute approximate surface area is 100 Å². The lowest BCUT2D eigenvalue weighted by Crippen LogP contribution is -2.57. The Morgan fingerprint density at radius 1 is 1.31 bits per heavy atom. The Hall–Kier alpha value is -0.430. The standard InChI is InChI=1S/C10H17NO3S2/c1-9(2,10(3,4)12)11-16(13,14)8-6-5-7-15-8/h5-7,11-12H,1-4H3. The van der Waals surface area contributed by atoms with Gasteiger partial charge in [0.15, 0.2) is 0 Å². The summed E-state index contributed by atoms with van der Waals surface area (Å²) in [6.07, 6.45) is 0. The van der Waals surface area contributed by atoms with Crippen LogP contribution in [0.1, 0.15) is 27.7 Å². The summed E-state index contributed by atoms with van der Waals surface area (Å²) in [5, 5.41) is 11.6. The van der Waals surface area contributed by atoms with Crippen LogP contribution in [0.5, 0.6) is 0 Å². The van der Waals surface area contributed by atoms with Crippen molar-refractivity contribution in [3.8, 4) is 0 Å². The summed E-state index contributed by atoms with van der Waals surface area (Å²) in [4.78, 5) is 0. The minimum absolute atomic E-state index is 0.254. The van der Waals surface area contributed by atoms with E-state index < -0.39 is 21.2 Å². The van der Waals surface area contributed by atoms with Gasteiger partial charge in [-0.3, -0.25) is 0 Å². The maximum Gasteiger partial charge on any atom is 0.250 e. The molecule has 0 aliphatic heterocycles. The number of rotatable bonds is 4. The van der Waals surface area contributed by atoms with E-state index in [0.29, 0.717) is 0 Å². The Morgan fingerprint density at radius 3 is 2.25 bits per heavy atom. The Kier molecular flexibility index (Phi) is 3.50. The lowest BCUT2D eigenvalue weighted by molar-refractivity contribution is 0.00641. The number of hydrogen-bond donors (Lipinski definition) is 2. The summed E-state index contributed by atoms with van der Waals surface area (Å²) < 4.78 is 26.6. The fourth-order valence-electron chi connectivity index (χ4n) is 0.927. The normalized spacial score (nSPS) is 14.1. The molecule has 16 heavy (non-hydrogen) atoms. The summed E-state index contributed by atoms with van der Waals surface area (Å²) in [5.74, 6) is 0. The van der Waals surface area contributed by atoms with Crippen LogP contribution in [0, 0.1) is 0 Å². The molecule has 0 aromatic carbocycles. The monoisotopic (exact) mass is 263 g/mol. The number of thiophene rings is 1. The minimum atomic E-state index is -3.55. The number of aliphatic hydroxyl groups is 1. The molecule has 1 aromatic heterocycles. The van der Waals surface area contributed by atoms with Crippen LogP contribution in [0.4, 0.5) is 0 Å². The van der Waals surface area contributed by atoms with Gasteiger partial charge in [0.25, 0.3) is 10.0 Å². The third kappa shape index (κ3) is 2.82. The van der Waals surface area contributed by atoms with Crippen LogP contribution < -0.4 is 4.72 Å². The Morgan fingerprint density at radius 2 is 1.88 bits per heavy atom. The molecular weight excluding hydrogens is 246 g/mol. The molecule has 1 rings (SSSR count). The van der Waals surface area contributed by atoms with Crippen LogP contribution in [0.2, 0.25) is 0 Å². The second-order valence-corrected chi connectivity index (χ2v) is 7.58. The summed E-state index contributed by atoms with van der Waals surface area (Å²) in [6, 6.07) is 3.21. The molecule has 0 aliphatic rings. The van der Waals surface area contributed by atoms with E-state index >= 15 is 0 Å². The predicted molar refractivity (Wildman–Crippen MR) is 65.0 cm³/mol. The molecule has 0 atom stereocenters. The molecule has 0 saturated carbocycles. The summed E-state index contributed by atoms with van der Waals surface area (Å²) in [7, 11) is -3.55. The molecule has 6 heteroatoms. The van der Waals surface area contributed by atoms with Gasteiger partial charge >= 0.3 is 0 Å². The topological polar surface area (TPSA) is 66.4 Å². The molecule has 1 heterocycles. The van der Waals surface area contributed by atoms with Gasteiger partial charge in [-0.1, -0.05) is 6.07 Å². The van der Waals surface area contributed by atoms with E-state index in [-0.39, 0.29) is 4.21 Å². The van der Waals surface area contributed by atoms with Crippen LogP contribution in [-0.4, -0.2) is 24.7 Å². The van der Waals surface area contributed by atoms with Gasteiger partial charge in [-0.05, 0) is 39.1 Å². The molecule has 0 amide bonds. The molecule has 0 unspecified atom stereocenters. The Bertz CT molecular complexity index is 441. The number of hydrogen-bond acceptors (Lipinski definition) is 4. The summed E-state index contributed by atoms with van der Waals surface area (Å²) in [5.41, 5.74) is -2.08. The molecule has 0 bridgehead atoms. The molecule has 1 aromatic rings. The van der Waals surface area contributed by atoms with Crippen LogP contribution in [0.3, 0.4) is 0 Å². The van der Waals surface area contributed by atoms with E-state index in [9.17, 15) is 13.5 Å². The van der Waals surface area contributed by atoms with Crippen molar-refractivity contribution in [3.05, 3.63) is 17.5 Å². The van der Waals surface area contributed by atoms with E-state index in [1.54, 1.807) is 39.1 Å². The molecule has 0 spiro atoms. The SMILES string of the molecule is CC(C)(O)C(C)(C)NS(=O)(=O)c1cccs1. The highest BCUT2D eigenvalue weighted by Gasteiger charge is 2.39. The molecule has 92 valence electrons. The average molecular weight is 263 g/mol. The quantitative estimate of drug-likeness (QED) is 0.866. The highest BCUT2D eigenvalue weighted by atomic mass is 32.2. The van der Waals surface area contributed by atoms with Gasteiger partial charge in [0.05, 0.1) is 11.1 Å². The van der Waals surface area contributed by atoms with Crippen molar-refractivity contribution >= 4 is 21.4 Å². The zero-order chi connectivity index (χ0) is 12.6. The van der Waals surface area contributed by atoms with E-state index in [2.05, 4.69) is 4.72 Å². The fourth-order valence-corrected chi connectivity index (χ4v) is 3.45. The smallest absolute Gasteiger partial charge is 0.250 e. The van der Waals surface area contributed by atoms with Crippen molar-refractivity contribution in [2.24, 2.45) is 0 Å². The first kappa shape index (κ1) is 13.6. The van der Waals surface area contributed by atoms with Gasteiger partial charge in [-0.2, -0.15) is 0 Å². The van der Waals surface area contributed by atoms with E-state index in [0.717, 1.165) is 11.3 Å². The van der Waals surface area contributed by atoms with Gasteiger partial charge in [0.1, 0.15) is 4.21 Å². The first-order valence-electron chi connectivity index (χ1n) is 4.86. The molecule has 0 aliphatic carbocycles. The lowest BCUT2D eigenvalue weighted by Gasteiger charge is -2.37. The Balaban J connectivity index is 2.99. The van der Waals surface area contributed by atoms with Crippen molar-refractivity contribution < 1.29 is 13.5 Å². The first-order valence-corrected chi connectivity index (χ1v) is 7.22. The molecule has 4 nitrogen and oxygen atoms in total. The molecule has 0 saturated heterocycles. The number of nitrogens with one attached hydrogen (secondary N) is 1. The summed E-state index contributed by atoms with van der Waals surface area (Å²) >= 11 is 1.15. The maximum absolute atomic E-state index is 11.9. The predicted octanol–water partition coefficient (Wildman–Crippen LogP) is 1.58. The van der Waals surface area contributed by atoms with E-state index in [4.69, 9.17) is 0 Å². The lowest BCUT2D eigenvalue weighted by atomic mass is 9.87.